The first-order valence-corrected chi connectivity index (χ1v) is 9.00. The van der Waals surface area contributed by atoms with Gasteiger partial charge in [0.2, 0.25) is 18.1 Å². The molecule has 1 aromatic heterocycles. The van der Waals surface area contributed by atoms with Gasteiger partial charge in [0, 0.05) is 30.9 Å². The second kappa shape index (κ2) is 8.60. The average Bonchev–Trinajstić information content (AvgIpc) is 2.62. The number of aliphatic hydroxyl groups is 2. The van der Waals surface area contributed by atoms with Crippen LogP contribution in [0, 0.1) is 0 Å². The topological polar surface area (TPSA) is 161 Å². The number of hydrogen-bond donors (Lipinski definition) is 4. The molecule has 2 aromatic rings. The van der Waals surface area contributed by atoms with E-state index < -0.39 is 42.7 Å². The summed E-state index contributed by atoms with van der Waals surface area (Å²) in [5.41, 5.74) is 5.21. The first kappa shape index (κ1) is 20.8. The molecule has 156 valence electrons. The Balaban J connectivity index is 1.89. The van der Waals surface area contributed by atoms with Crippen molar-refractivity contribution in [3.63, 3.8) is 0 Å². The molecule has 1 fully saturated rings. The van der Waals surface area contributed by atoms with Crippen molar-refractivity contribution in [3.05, 3.63) is 40.2 Å². The highest BCUT2D eigenvalue weighted by Gasteiger charge is 2.38. The van der Waals surface area contributed by atoms with E-state index in [2.05, 4.69) is 5.32 Å². The van der Waals surface area contributed by atoms with Crippen molar-refractivity contribution < 1.29 is 33.7 Å². The fourth-order valence-corrected chi connectivity index (χ4v) is 3.30. The van der Waals surface area contributed by atoms with Crippen LogP contribution >= 0.6 is 0 Å². The smallest absolute Gasteiger partial charge is 0.336 e. The largest absolute Gasteiger partial charge is 0.463 e. The maximum Gasteiger partial charge on any atom is 0.336 e. The van der Waals surface area contributed by atoms with Gasteiger partial charge in [-0.05, 0) is 17.7 Å². The van der Waals surface area contributed by atoms with Crippen LogP contribution in [-0.2, 0) is 20.7 Å². The lowest BCUT2D eigenvalue weighted by Crippen LogP contribution is -2.57. The lowest BCUT2D eigenvalue weighted by molar-refractivity contribution is -0.210. The van der Waals surface area contributed by atoms with Crippen LogP contribution in [0.5, 0.6) is 5.75 Å². The van der Waals surface area contributed by atoms with Gasteiger partial charge in [0.1, 0.15) is 17.4 Å². The van der Waals surface area contributed by atoms with E-state index >= 15 is 0 Å². The highest BCUT2D eigenvalue weighted by atomic mass is 16.7. The van der Waals surface area contributed by atoms with Gasteiger partial charge in [-0.25, -0.2) is 4.79 Å². The molecule has 4 atom stereocenters. The molecule has 5 N–H and O–H groups in total. The molecule has 10 heteroatoms. The molecule has 3 rings (SSSR count). The predicted octanol–water partition coefficient (Wildman–Crippen LogP) is -0.827. The summed E-state index contributed by atoms with van der Waals surface area (Å²) in [6.45, 7) is 0.906. The van der Waals surface area contributed by atoms with Gasteiger partial charge in [-0.2, -0.15) is 0 Å². The number of nitrogens with one attached hydrogen (secondary N) is 1. The Morgan fingerprint density at radius 2 is 2.10 bits per heavy atom. The molecule has 1 aliphatic rings. The van der Waals surface area contributed by atoms with Gasteiger partial charge in [-0.1, -0.05) is 0 Å². The van der Waals surface area contributed by atoms with Gasteiger partial charge in [0.25, 0.3) is 0 Å². The molecule has 2 amide bonds. The summed E-state index contributed by atoms with van der Waals surface area (Å²) in [6, 6.07) is 5.20. The summed E-state index contributed by atoms with van der Waals surface area (Å²) in [5.74, 6) is -0.646. The van der Waals surface area contributed by atoms with Crippen LogP contribution in [0.25, 0.3) is 11.0 Å². The van der Waals surface area contributed by atoms with Crippen LogP contribution in [0.15, 0.2) is 33.5 Å². The van der Waals surface area contributed by atoms with E-state index in [0.717, 1.165) is 0 Å². The van der Waals surface area contributed by atoms with Gasteiger partial charge in [0.15, 0.2) is 0 Å². The fraction of sp³-hybridized carbons (Fsp3) is 0.421. The molecule has 0 bridgehead atoms. The Kier molecular flexibility index (Phi) is 6.16. The number of ether oxygens (including phenoxy) is 2. The van der Waals surface area contributed by atoms with Gasteiger partial charge in [0.05, 0.1) is 25.2 Å². The molecule has 0 saturated carbocycles. The van der Waals surface area contributed by atoms with E-state index in [9.17, 15) is 24.6 Å². The van der Waals surface area contributed by atoms with Crippen LogP contribution in [0.3, 0.4) is 0 Å². The van der Waals surface area contributed by atoms with Crippen LogP contribution in [0.1, 0.15) is 18.9 Å². The van der Waals surface area contributed by atoms with E-state index in [-0.39, 0.29) is 30.1 Å². The normalized spacial score (nSPS) is 24.2. The fourth-order valence-electron chi connectivity index (χ4n) is 3.30. The third-order valence-electron chi connectivity index (χ3n) is 4.55. The zero-order valence-electron chi connectivity index (χ0n) is 15.7. The quantitative estimate of drug-likeness (QED) is 0.452. The number of hydrogen-bond acceptors (Lipinski definition) is 8. The van der Waals surface area contributed by atoms with E-state index in [0.29, 0.717) is 10.9 Å². The minimum Gasteiger partial charge on any atom is -0.463 e. The van der Waals surface area contributed by atoms with Crippen molar-refractivity contribution in [1.82, 2.24) is 5.32 Å². The molecule has 1 saturated heterocycles. The average molecular weight is 406 g/mol. The van der Waals surface area contributed by atoms with Crippen molar-refractivity contribution >= 4 is 22.8 Å². The Hall–Kier alpha value is -2.95. The van der Waals surface area contributed by atoms with Gasteiger partial charge in [-0.3, -0.25) is 9.59 Å². The maximum absolute atomic E-state index is 11.8. The minimum atomic E-state index is -0.988. The third-order valence-corrected chi connectivity index (χ3v) is 4.55. The number of carbonyl (C=O) groups excluding carboxylic acids is 2. The molecule has 1 aliphatic heterocycles. The van der Waals surface area contributed by atoms with Crippen molar-refractivity contribution in [2.24, 2.45) is 5.73 Å². The molecule has 3 unspecified atom stereocenters. The van der Waals surface area contributed by atoms with Gasteiger partial charge >= 0.3 is 5.63 Å². The number of fused-ring (bicyclic) bond motifs is 1. The minimum absolute atomic E-state index is 0.116. The Bertz CT molecular complexity index is 972. The standard InChI is InChI=1S/C19H22N2O8/c1-9(23)21-13-7-14(24)16(8-22)29-19(13)27-11-2-3-12-10(4-17(20)25)5-18(26)28-15(12)6-11/h2-3,5-6,13-14,16,19,22,24H,4,7-8H2,1H3,(H2,20,25)(H,21,23)/t13-,14?,16?,19?/m0/s1. The second-order valence-electron chi connectivity index (χ2n) is 6.85. The SMILES string of the molecule is CC(=O)N[C@H]1CC(O)C(CO)OC1Oc1ccc2c(CC(N)=O)cc(=O)oc2c1. The summed E-state index contributed by atoms with van der Waals surface area (Å²) in [4.78, 5) is 34.5. The monoisotopic (exact) mass is 406 g/mol. The van der Waals surface area contributed by atoms with Crippen LogP contribution < -0.4 is 21.4 Å². The van der Waals surface area contributed by atoms with Gasteiger partial charge in [-0.15, -0.1) is 0 Å². The molecule has 29 heavy (non-hydrogen) atoms. The molecule has 2 heterocycles. The molecular formula is C19H22N2O8. The third kappa shape index (κ3) is 4.91. The van der Waals surface area contributed by atoms with Crippen molar-refractivity contribution in [2.75, 3.05) is 6.61 Å². The highest BCUT2D eigenvalue weighted by Crippen LogP contribution is 2.27. The lowest BCUT2D eigenvalue weighted by Gasteiger charge is -2.38. The van der Waals surface area contributed by atoms with Crippen molar-refractivity contribution in [2.45, 2.75) is 44.3 Å². The number of carbonyl (C=O) groups is 2. The summed E-state index contributed by atoms with van der Waals surface area (Å²) in [7, 11) is 0. The van der Waals surface area contributed by atoms with Crippen LogP contribution in [0.4, 0.5) is 0 Å². The maximum atomic E-state index is 11.8. The van der Waals surface area contributed by atoms with E-state index in [1.165, 1.54) is 19.1 Å². The summed E-state index contributed by atoms with van der Waals surface area (Å²) in [6.07, 6.45) is -2.82. The number of amides is 2. The Morgan fingerprint density at radius 1 is 1.34 bits per heavy atom. The summed E-state index contributed by atoms with van der Waals surface area (Å²) >= 11 is 0. The number of primary amides is 1. The zero-order chi connectivity index (χ0) is 21.1. The first-order valence-electron chi connectivity index (χ1n) is 9.00. The molecule has 0 aliphatic carbocycles. The van der Waals surface area contributed by atoms with Crippen LogP contribution in [0.2, 0.25) is 0 Å². The summed E-state index contributed by atoms with van der Waals surface area (Å²) < 4.78 is 16.6. The zero-order valence-corrected chi connectivity index (χ0v) is 15.7. The lowest BCUT2D eigenvalue weighted by atomic mass is 10.0. The molecule has 0 radical (unpaired) electrons. The molecule has 0 spiro atoms. The van der Waals surface area contributed by atoms with E-state index in [1.54, 1.807) is 12.1 Å². The van der Waals surface area contributed by atoms with Crippen LogP contribution in [-0.4, -0.2) is 53.2 Å². The van der Waals surface area contributed by atoms with E-state index in [1.807, 2.05) is 0 Å². The second-order valence-corrected chi connectivity index (χ2v) is 6.85. The Morgan fingerprint density at radius 3 is 2.76 bits per heavy atom. The number of rotatable bonds is 6. The first-order chi connectivity index (χ1) is 13.8. The number of benzene rings is 1. The molecule has 10 nitrogen and oxygen atoms in total. The number of nitrogens with two attached hydrogens (primary N) is 1. The summed E-state index contributed by atoms with van der Waals surface area (Å²) in [5, 5.41) is 22.6. The van der Waals surface area contributed by atoms with E-state index in [4.69, 9.17) is 19.6 Å². The van der Waals surface area contributed by atoms with Gasteiger partial charge < -0.3 is 35.2 Å². The molecular weight excluding hydrogens is 384 g/mol. The predicted molar refractivity (Wildman–Crippen MR) is 100.0 cm³/mol. The molecule has 1 aromatic carbocycles. The van der Waals surface area contributed by atoms with Crippen molar-refractivity contribution in [1.29, 1.82) is 0 Å². The Labute approximate surface area is 165 Å². The number of aliphatic hydroxyl groups excluding tert-OH is 2. The highest BCUT2D eigenvalue weighted by molar-refractivity contribution is 5.87. The van der Waals surface area contributed by atoms with Crippen molar-refractivity contribution in [3.8, 4) is 5.75 Å².